The van der Waals surface area contributed by atoms with E-state index in [-0.39, 0.29) is 26.8 Å². The molecule has 0 aliphatic rings. The van der Waals surface area contributed by atoms with Crippen molar-refractivity contribution in [3.63, 3.8) is 0 Å². The first-order valence-corrected chi connectivity index (χ1v) is 4.60. The molecular weight excluding hydrogens is 110 g/mol. The molecule has 8 heavy (non-hydrogen) atoms. The molecule has 0 aromatic carbocycles. The Balaban J connectivity index is 0. The van der Waals surface area contributed by atoms with Gasteiger partial charge in [0.15, 0.2) is 0 Å². The third-order valence-corrected chi connectivity index (χ3v) is 2.60. The minimum absolute atomic E-state index is 0. The quantitative estimate of drug-likeness (QED) is 0.249. The monoisotopic (exact) mass is 122 g/mol. The van der Waals surface area contributed by atoms with E-state index in [4.69, 9.17) is 0 Å². The Kier molecular flexibility index (Phi) is 8.51. The Morgan fingerprint density at radius 1 is 1.38 bits per heavy atom. The molecule has 0 aliphatic carbocycles. The van der Waals surface area contributed by atoms with Gasteiger partial charge < -0.3 is 6.08 Å². The molecule has 0 rings (SSSR count). The molecule has 0 saturated carbocycles. The average molecular weight is 122 g/mol. The maximum atomic E-state index is 3.11. The van der Waals surface area contributed by atoms with E-state index >= 15 is 0 Å². The van der Waals surface area contributed by atoms with Crippen molar-refractivity contribution in [2.45, 2.75) is 13.8 Å². The van der Waals surface area contributed by atoms with Crippen LogP contribution in [0.5, 0.6) is 0 Å². The molecule has 0 unspecified atom stereocenters. The predicted octanol–water partition coefficient (Wildman–Crippen LogP) is -0.541. The van der Waals surface area contributed by atoms with Gasteiger partial charge in [-0.3, -0.25) is 0 Å². The van der Waals surface area contributed by atoms with Gasteiger partial charge in [-0.05, 0) is 13.3 Å². The van der Waals surface area contributed by atoms with E-state index in [0.717, 1.165) is 0 Å². The predicted molar refractivity (Wildman–Crippen MR) is 36.9 cm³/mol. The van der Waals surface area contributed by atoms with Gasteiger partial charge in [-0.1, -0.05) is 6.92 Å². The normalized spacial score (nSPS) is 11.4. The van der Waals surface area contributed by atoms with E-state index in [1.165, 1.54) is 5.31 Å². The van der Waals surface area contributed by atoms with Crippen molar-refractivity contribution in [3.8, 4) is 0 Å². The van der Waals surface area contributed by atoms with Crippen LogP contribution in [-0.2, 0) is 0 Å². The fourth-order valence-electron chi connectivity index (χ4n) is 0.224. The second-order valence-corrected chi connectivity index (χ2v) is 4.19. The van der Waals surface area contributed by atoms with Gasteiger partial charge in [0, 0.05) is 0 Å². The first-order chi connectivity index (χ1) is 3.18. The van der Waals surface area contributed by atoms with Crippen molar-refractivity contribution < 1.29 is 18.9 Å². The molecule has 0 amide bonds. The van der Waals surface area contributed by atoms with E-state index in [0.29, 0.717) is 0 Å². The number of allylic oxidation sites excluding steroid dienone is 2. The van der Waals surface area contributed by atoms with E-state index in [1.54, 1.807) is 0 Å². The van der Waals surface area contributed by atoms with Crippen LogP contribution in [0, 0.1) is 6.08 Å². The molecule has 0 bridgehead atoms. The molecule has 0 N–H and O–H groups in total. The molecule has 2 heteroatoms. The van der Waals surface area contributed by atoms with E-state index in [1.807, 2.05) is 6.92 Å². The summed E-state index contributed by atoms with van der Waals surface area (Å²) >= 11 is 0. The van der Waals surface area contributed by atoms with Crippen LogP contribution in [0.1, 0.15) is 13.8 Å². The summed E-state index contributed by atoms with van der Waals surface area (Å²) in [6.45, 7) is 8.58. The number of hydrogen-bond donors (Lipinski definition) is 0. The summed E-state index contributed by atoms with van der Waals surface area (Å²) in [5.41, 5.74) is 0. The molecule has 0 heterocycles. The maximum Gasteiger partial charge on any atom is 1.00 e. The maximum absolute atomic E-state index is 3.11. The summed E-state index contributed by atoms with van der Waals surface area (Å²) in [7, 11) is 0.144. The summed E-state index contributed by atoms with van der Waals surface area (Å²) in [5.74, 6) is 0. The smallest absolute Gasteiger partial charge is 0.496 e. The zero-order valence-electron chi connectivity index (χ0n) is 6.45. The van der Waals surface area contributed by atoms with Gasteiger partial charge in [0.05, 0.1) is 0 Å². The van der Waals surface area contributed by atoms with Crippen LogP contribution in [0.3, 0.4) is 0 Å². The summed E-state index contributed by atoms with van der Waals surface area (Å²) < 4.78 is 0. The summed E-state index contributed by atoms with van der Waals surface area (Å²) in [6.07, 6.45) is 3.11. The average Bonchev–Trinajstić information content (AvgIpc) is 1.65. The Morgan fingerprint density at radius 2 is 1.75 bits per heavy atom. The first kappa shape index (κ1) is 11.5. The van der Waals surface area contributed by atoms with Crippen molar-refractivity contribution in [2.24, 2.45) is 0 Å². The number of hydrogen-bond acceptors (Lipinski definition) is 0. The molecule has 0 nitrogen and oxygen atoms in total. The van der Waals surface area contributed by atoms with Gasteiger partial charge >= 0.3 is 18.9 Å². The van der Waals surface area contributed by atoms with Crippen molar-refractivity contribution in [1.82, 2.24) is 0 Å². The van der Waals surface area contributed by atoms with Gasteiger partial charge in [0.25, 0.3) is 0 Å². The Labute approximate surface area is 65.7 Å². The molecule has 0 aromatic rings. The minimum atomic E-state index is 0. The Morgan fingerprint density at radius 3 is 1.75 bits per heavy atom. The Bertz CT molecular complexity index is 76.6. The molecule has 0 spiro atoms. The van der Waals surface area contributed by atoms with Crippen LogP contribution in [0.4, 0.5) is 0 Å². The van der Waals surface area contributed by atoms with Crippen molar-refractivity contribution >= 4 is 7.92 Å². The summed E-state index contributed by atoms with van der Waals surface area (Å²) in [5, 5.41) is 1.41. The largest absolute Gasteiger partial charge is 1.00 e. The third-order valence-electron chi connectivity index (χ3n) is 1.03. The zero-order chi connectivity index (χ0) is 5.86. The summed E-state index contributed by atoms with van der Waals surface area (Å²) in [4.78, 5) is 0. The molecule has 0 saturated heterocycles. The zero-order valence-corrected chi connectivity index (χ0v) is 7.34. The van der Waals surface area contributed by atoms with Gasteiger partial charge in [-0.2, -0.15) is 6.92 Å². The molecule has 42 valence electrons. The Hall–Kier alpha value is 0.767. The second kappa shape index (κ2) is 5.90. The van der Waals surface area contributed by atoms with Crippen molar-refractivity contribution in [3.05, 3.63) is 11.4 Å². The molecule has 0 fully saturated rings. The van der Waals surface area contributed by atoms with E-state index in [2.05, 4.69) is 26.3 Å². The van der Waals surface area contributed by atoms with Crippen molar-refractivity contribution in [2.75, 3.05) is 13.3 Å². The van der Waals surface area contributed by atoms with Crippen LogP contribution in [-0.4, -0.2) is 13.3 Å². The standard InChI is InChI=1S/C6H12P.Li/c1-5-6(2)7(3)4;/h1-4H3;/q-1;+1. The molecule has 0 atom stereocenters. The van der Waals surface area contributed by atoms with Gasteiger partial charge in [-0.15, -0.1) is 7.92 Å². The molecule has 0 aromatic heterocycles. The van der Waals surface area contributed by atoms with Crippen molar-refractivity contribution in [1.29, 1.82) is 0 Å². The first-order valence-electron chi connectivity index (χ1n) is 2.37. The van der Waals surface area contributed by atoms with Crippen LogP contribution >= 0.6 is 7.92 Å². The van der Waals surface area contributed by atoms with Crippen LogP contribution in [0.25, 0.3) is 0 Å². The van der Waals surface area contributed by atoms with E-state index in [9.17, 15) is 0 Å². The molecular formula is C6H12LiP. The van der Waals surface area contributed by atoms with Crippen LogP contribution < -0.4 is 18.9 Å². The third kappa shape index (κ3) is 4.92. The van der Waals surface area contributed by atoms with Gasteiger partial charge in [0.1, 0.15) is 0 Å². The van der Waals surface area contributed by atoms with Gasteiger partial charge in [0.2, 0.25) is 0 Å². The second-order valence-electron chi connectivity index (χ2n) is 1.73. The summed E-state index contributed by atoms with van der Waals surface area (Å²) in [6, 6.07) is 0. The minimum Gasteiger partial charge on any atom is -0.496 e. The van der Waals surface area contributed by atoms with Gasteiger partial charge in [-0.25, -0.2) is 5.31 Å². The topological polar surface area (TPSA) is 0 Å². The van der Waals surface area contributed by atoms with E-state index < -0.39 is 0 Å². The SMILES string of the molecule is C[C-]=C(C)P(C)C.[Li+]. The fourth-order valence-corrected chi connectivity index (χ4v) is 0.671. The van der Waals surface area contributed by atoms with Crippen LogP contribution in [0.15, 0.2) is 5.31 Å². The molecule has 0 radical (unpaired) electrons. The number of rotatable bonds is 1. The van der Waals surface area contributed by atoms with Crippen LogP contribution in [0.2, 0.25) is 0 Å². The fraction of sp³-hybridized carbons (Fsp3) is 0.667. The molecule has 0 aliphatic heterocycles.